The zero-order chi connectivity index (χ0) is 15.4. The Labute approximate surface area is 138 Å². The number of halogens is 1. The third-order valence-electron chi connectivity index (χ3n) is 4.28. The average molecular weight is 367 g/mol. The van der Waals surface area contributed by atoms with Gasteiger partial charge in [-0.3, -0.25) is 0 Å². The highest BCUT2D eigenvalue weighted by molar-refractivity contribution is 9.09. The third kappa shape index (κ3) is 7.93. The molecule has 0 spiro atoms. The van der Waals surface area contributed by atoms with Crippen molar-refractivity contribution < 1.29 is 18.9 Å². The van der Waals surface area contributed by atoms with E-state index in [0.29, 0.717) is 39.6 Å². The molecule has 1 fully saturated rings. The Balaban J connectivity index is 2.02. The molecule has 1 aliphatic carbocycles. The normalized spacial score (nSPS) is 26.1. The van der Waals surface area contributed by atoms with E-state index >= 15 is 0 Å². The van der Waals surface area contributed by atoms with Gasteiger partial charge in [0.15, 0.2) is 0 Å². The van der Waals surface area contributed by atoms with Crippen LogP contribution in [0.4, 0.5) is 0 Å². The quantitative estimate of drug-likeness (QED) is 0.391. The second kappa shape index (κ2) is 11.8. The third-order valence-corrected chi connectivity index (χ3v) is 5.30. The second-order valence-corrected chi connectivity index (χ2v) is 6.30. The lowest BCUT2D eigenvalue weighted by Gasteiger charge is -2.38. The van der Waals surface area contributed by atoms with Gasteiger partial charge in [0.2, 0.25) is 0 Å². The molecular formula is C16H31BrO4. The molecule has 4 nitrogen and oxygen atoms in total. The average Bonchev–Trinajstić information content (AvgIpc) is 2.54. The zero-order valence-electron chi connectivity index (χ0n) is 13.6. The smallest absolute Gasteiger partial charge is 0.0780 e. The van der Waals surface area contributed by atoms with Crippen LogP contribution < -0.4 is 0 Å². The van der Waals surface area contributed by atoms with Crippen molar-refractivity contribution in [1.29, 1.82) is 0 Å². The first kappa shape index (κ1) is 19.4. The summed E-state index contributed by atoms with van der Waals surface area (Å²) in [6.07, 6.45) is 6.20. The first-order chi connectivity index (χ1) is 10.3. The van der Waals surface area contributed by atoms with Gasteiger partial charge in [0.05, 0.1) is 45.2 Å². The van der Waals surface area contributed by atoms with Crippen LogP contribution in [0.25, 0.3) is 0 Å². The molecule has 126 valence electrons. The van der Waals surface area contributed by atoms with Gasteiger partial charge in [0, 0.05) is 12.4 Å². The minimum atomic E-state index is 0.0317. The van der Waals surface area contributed by atoms with Gasteiger partial charge in [-0.25, -0.2) is 0 Å². The Kier molecular flexibility index (Phi) is 10.9. The molecule has 1 aliphatic rings. The minimum Gasteiger partial charge on any atom is -0.382 e. The van der Waals surface area contributed by atoms with Gasteiger partial charge >= 0.3 is 0 Å². The van der Waals surface area contributed by atoms with Crippen molar-refractivity contribution in [3.63, 3.8) is 0 Å². The highest BCUT2D eigenvalue weighted by Crippen LogP contribution is 2.37. The number of ether oxygens (including phenoxy) is 4. The van der Waals surface area contributed by atoms with Crippen LogP contribution in [0.15, 0.2) is 0 Å². The van der Waals surface area contributed by atoms with Crippen LogP contribution in [0.1, 0.15) is 39.0 Å². The van der Waals surface area contributed by atoms with Gasteiger partial charge in [0.1, 0.15) is 0 Å². The predicted molar refractivity (Wildman–Crippen MR) is 88.2 cm³/mol. The predicted octanol–water partition coefficient (Wildman–Crippen LogP) is 3.42. The number of hydrogen-bond acceptors (Lipinski definition) is 4. The van der Waals surface area contributed by atoms with Crippen molar-refractivity contribution in [2.24, 2.45) is 5.92 Å². The summed E-state index contributed by atoms with van der Waals surface area (Å²) < 4.78 is 21.9. The van der Waals surface area contributed by atoms with Crippen LogP contribution in [0.5, 0.6) is 0 Å². The molecule has 0 unspecified atom stereocenters. The molecule has 5 heteroatoms. The van der Waals surface area contributed by atoms with E-state index in [1.807, 2.05) is 0 Å². The lowest BCUT2D eigenvalue weighted by molar-refractivity contribution is -0.0824. The fourth-order valence-corrected chi connectivity index (χ4v) is 3.43. The van der Waals surface area contributed by atoms with Crippen LogP contribution in [0.2, 0.25) is 0 Å². The zero-order valence-corrected chi connectivity index (χ0v) is 15.2. The summed E-state index contributed by atoms with van der Waals surface area (Å²) in [5.41, 5.74) is 0.0317. The van der Waals surface area contributed by atoms with Crippen molar-refractivity contribution in [2.45, 2.75) is 44.6 Å². The molecule has 0 aromatic heterocycles. The number of rotatable bonds is 12. The molecule has 0 radical (unpaired) electrons. The van der Waals surface area contributed by atoms with Crippen molar-refractivity contribution in [3.05, 3.63) is 0 Å². The fraction of sp³-hybridized carbons (Fsp3) is 1.00. The number of hydrogen-bond donors (Lipinski definition) is 0. The van der Waals surface area contributed by atoms with E-state index in [0.717, 1.165) is 24.1 Å². The van der Waals surface area contributed by atoms with Crippen molar-refractivity contribution in [3.8, 4) is 0 Å². The fourth-order valence-electron chi connectivity index (χ4n) is 2.71. The van der Waals surface area contributed by atoms with Crippen LogP contribution in [-0.2, 0) is 18.9 Å². The Bertz CT molecular complexity index is 242. The molecule has 0 saturated heterocycles. The lowest BCUT2D eigenvalue weighted by atomic mass is 9.79. The van der Waals surface area contributed by atoms with Crippen molar-refractivity contribution in [2.75, 3.05) is 52.1 Å². The molecule has 0 aromatic carbocycles. The largest absolute Gasteiger partial charge is 0.382 e. The van der Waals surface area contributed by atoms with Crippen LogP contribution >= 0.6 is 15.9 Å². The first-order valence-corrected chi connectivity index (χ1v) is 9.23. The number of methoxy groups -OCH3 is 1. The summed E-state index contributed by atoms with van der Waals surface area (Å²) in [5, 5.41) is 0.927. The number of alkyl halides is 1. The second-order valence-electron chi connectivity index (χ2n) is 5.73. The van der Waals surface area contributed by atoms with Crippen LogP contribution in [0, 0.1) is 5.92 Å². The maximum absolute atomic E-state index is 6.12. The van der Waals surface area contributed by atoms with E-state index in [9.17, 15) is 0 Å². The summed E-state index contributed by atoms with van der Waals surface area (Å²) in [5.74, 6) is 0.890. The summed E-state index contributed by atoms with van der Waals surface area (Å²) in [6, 6.07) is 0. The highest BCUT2D eigenvalue weighted by atomic mass is 79.9. The van der Waals surface area contributed by atoms with Gasteiger partial charge < -0.3 is 18.9 Å². The van der Waals surface area contributed by atoms with E-state index in [1.54, 1.807) is 7.11 Å². The molecule has 0 bridgehead atoms. The standard InChI is InChI=1S/C16H31BrO4/c1-3-15-4-6-16(14-17,7-5-15)21-13-12-20-11-10-19-9-8-18-2/h15H,3-14H2,1-2H3. The Morgan fingerprint density at radius 2 is 1.52 bits per heavy atom. The lowest BCUT2D eigenvalue weighted by Crippen LogP contribution is -2.39. The van der Waals surface area contributed by atoms with Crippen molar-refractivity contribution in [1.82, 2.24) is 0 Å². The maximum Gasteiger partial charge on any atom is 0.0780 e. The van der Waals surface area contributed by atoms with Gasteiger partial charge in [-0.2, -0.15) is 0 Å². The molecule has 21 heavy (non-hydrogen) atoms. The molecule has 1 saturated carbocycles. The van der Waals surface area contributed by atoms with E-state index in [4.69, 9.17) is 18.9 Å². The van der Waals surface area contributed by atoms with E-state index in [2.05, 4.69) is 22.9 Å². The topological polar surface area (TPSA) is 36.9 Å². The monoisotopic (exact) mass is 366 g/mol. The van der Waals surface area contributed by atoms with Gasteiger partial charge in [-0.15, -0.1) is 0 Å². The van der Waals surface area contributed by atoms with Crippen LogP contribution in [0.3, 0.4) is 0 Å². The minimum absolute atomic E-state index is 0.0317. The van der Waals surface area contributed by atoms with Crippen molar-refractivity contribution >= 4 is 15.9 Å². The summed E-state index contributed by atoms with van der Waals surface area (Å²) in [4.78, 5) is 0. The van der Waals surface area contributed by atoms with E-state index < -0.39 is 0 Å². The summed E-state index contributed by atoms with van der Waals surface area (Å²) >= 11 is 3.63. The van der Waals surface area contributed by atoms with Crippen LogP contribution in [-0.4, -0.2) is 57.7 Å². The van der Waals surface area contributed by atoms with Gasteiger partial charge in [-0.1, -0.05) is 29.3 Å². The Morgan fingerprint density at radius 3 is 2.05 bits per heavy atom. The summed E-state index contributed by atoms with van der Waals surface area (Å²) in [7, 11) is 1.67. The van der Waals surface area contributed by atoms with Gasteiger partial charge in [0.25, 0.3) is 0 Å². The molecule has 0 atom stereocenters. The highest BCUT2D eigenvalue weighted by Gasteiger charge is 2.34. The summed E-state index contributed by atoms with van der Waals surface area (Å²) in [6.45, 7) is 6.09. The molecule has 0 heterocycles. The molecule has 1 rings (SSSR count). The maximum atomic E-state index is 6.12. The molecule has 0 aliphatic heterocycles. The van der Waals surface area contributed by atoms with Gasteiger partial charge in [-0.05, 0) is 31.6 Å². The first-order valence-electron chi connectivity index (χ1n) is 8.10. The molecule has 0 aromatic rings. The Morgan fingerprint density at radius 1 is 0.952 bits per heavy atom. The molecule has 0 N–H and O–H groups in total. The van der Waals surface area contributed by atoms with E-state index in [1.165, 1.54) is 19.3 Å². The SMILES string of the molecule is CCC1CCC(CBr)(OCCOCCOCCOC)CC1. The molecule has 0 amide bonds. The Hall–Kier alpha value is 0.320. The van der Waals surface area contributed by atoms with E-state index in [-0.39, 0.29) is 5.60 Å². The molecular weight excluding hydrogens is 336 g/mol.